The van der Waals surface area contributed by atoms with E-state index in [1.807, 2.05) is 23.1 Å². The molecule has 2 aromatic rings. The third-order valence-electron chi connectivity index (χ3n) is 5.43. The molecule has 4 rings (SSSR count). The Kier molecular flexibility index (Phi) is 5.30. The number of benzene rings is 1. The minimum absolute atomic E-state index is 0.00844. The van der Waals surface area contributed by atoms with Crippen LogP contribution in [0.3, 0.4) is 0 Å². The second kappa shape index (κ2) is 8.04. The lowest BCUT2D eigenvalue weighted by Gasteiger charge is -2.40. The van der Waals surface area contributed by atoms with Crippen LogP contribution in [0, 0.1) is 0 Å². The van der Waals surface area contributed by atoms with Crippen LogP contribution in [0.5, 0.6) is 0 Å². The zero-order valence-corrected chi connectivity index (χ0v) is 16.1. The summed E-state index contributed by atoms with van der Waals surface area (Å²) < 4.78 is 1.40. The van der Waals surface area contributed by atoms with Gasteiger partial charge in [0, 0.05) is 38.3 Å². The molecule has 29 heavy (non-hydrogen) atoms. The molecule has 152 valence electrons. The van der Waals surface area contributed by atoms with Gasteiger partial charge >= 0.3 is 0 Å². The molecule has 3 amide bonds. The number of aromatic nitrogens is 2. The van der Waals surface area contributed by atoms with Crippen LogP contribution in [0.1, 0.15) is 33.8 Å². The van der Waals surface area contributed by atoms with Gasteiger partial charge < -0.3 is 20.9 Å². The van der Waals surface area contributed by atoms with Gasteiger partial charge in [-0.25, -0.2) is 4.68 Å². The highest BCUT2D eigenvalue weighted by molar-refractivity contribution is 5.97. The van der Waals surface area contributed by atoms with Crippen molar-refractivity contribution in [1.82, 2.24) is 24.9 Å². The van der Waals surface area contributed by atoms with Crippen molar-refractivity contribution in [2.75, 3.05) is 32.7 Å². The summed E-state index contributed by atoms with van der Waals surface area (Å²) in [5, 5.41) is 7.43. The molecule has 2 aliphatic heterocycles. The zero-order valence-electron chi connectivity index (χ0n) is 16.1. The molecule has 0 bridgehead atoms. The average molecular weight is 396 g/mol. The maximum absolute atomic E-state index is 13.1. The van der Waals surface area contributed by atoms with E-state index in [4.69, 9.17) is 5.73 Å². The van der Waals surface area contributed by atoms with Crippen molar-refractivity contribution in [3.63, 3.8) is 0 Å². The number of piperidine rings is 1. The molecule has 0 spiro atoms. The predicted molar refractivity (Wildman–Crippen MR) is 106 cm³/mol. The Hall–Kier alpha value is -3.20. The summed E-state index contributed by atoms with van der Waals surface area (Å²) in [6.07, 6.45) is 1.69. The fourth-order valence-corrected chi connectivity index (χ4v) is 3.99. The van der Waals surface area contributed by atoms with Gasteiger partial charge in [0.25, 0.3) is 11.8 Å². The van der Waals surface area contributed by atoms with Gasteiger partial charge in [0.15, 0.2) is 5.69 Å². The van der Waals surface area contributed by atoms with Crippen molar-refractivity contribution in [3.8, 4) is 5.69 Å². The molecular weight excluding hydrogens is 372 g/mol. The lowest BCUT2D eigenvalue weighted by molar-refractivity contribution is -0.135. The first-order valence-electron chi connectivity index (χ1n) is 9.79. The van der Waals surface area contributed by atoms with E-state index in [0.29, 0.717) is 31.9 Å². The number of para-hydroxylation sites is 1. The van der Waals surface area contributed by atoms with Crippen molar-refractivity contribution in [2.45, 2.75) is 18.9 Å². The first kappa shape index (κ1) is 19.1. The van der Waals surface area contributed by atoms with Gasteiger partial charge in [-0.1, -0.05) is 18.2 Å². The zero-order chi connectivity index (χ0) is 20.4. The van der Waals surface area contributed by atoms with E-state index in [1.165, 1.54) is 10.7 Å². The summed E-state index contributed by atoms with van der Waals surface area (Å²) in [6, 6.07) is 10.5. The van der Waals surface area contributed by atoms with Crippen molar-refractivity contribution >= 4 is 17.7 Å². The number of nitrogens with one attached hydrogen (secondary N) is 1. The average Bonchev–Trinajstić information content (AvgIpc) is 3.20. The third kappa shape index (κ3) is 3.86. The Morgan fingerprint density at radius 3 is 2.69 bits per heavy atom. The van der Waals surface area contributed by atoms with Crippen LogP contribution in [0.15, 0.2) is 36.4 Å². The SMILES string of the molecule is NC(=O)c1cc(C(=O)N2CCCC(N3CCNCC3=O)C2)nn1-c1ccccc1. The molecular formula is C20H24N6O3. The van der Waals surface area contributed by atoms with E-state index < -0.39 is 5.91 Å². The second-order valence-corrected chi connectivity index (χ2v) is 7.34. The minimum Gasteiger partial charge on any atom is -0.364 e. The summed E-state index contributed by atoms with van der Waals surface area (Å²) in [5.74, 6) is -0.835. The Morgan fingerprint density at radius 2 is 1.97 bits per heavy atom. The van der Waals surface area contributed by atoms with Gasteiger partial charge in [0.1, 0.15) is 5.69 Å². The van der Waals surface area contributed by atoms with Crippen LogP contribution >= 0.6 is 0 Å². The van der Waals surface area contributed by atoms with E-state index in [2.05, 4.69) is 10.4 Å². The van der Waals surface area contributed by atoms with E-state index in [-0.39, 0.29) is 29.2 Å². The number of carbonyl (C=O) groups is 3. The van der Waals surface area contributed by atoms with Crippen LogP contribution in [0.4, 0.5) is 0 Å². The van der Waals surface area contributed by atoms with Crippen molar-refractivity contribution < 1.29 is 14.4 Å². The predicted octanol–water partition coefficient (Wildman–Crippen LogP) is 0.00760. The van der Waals surface area contributed by atoms with Crippen LogP contribution in [-0.2, 0) is 4.79 Å². The number of carbonyl (C=O) groups excluding carboxylic acids is 3. The third-order valence-corrected chi connectivity index (χ3v) is 5.43. The first-order chi connectivity index (χ1) is 14.0. The molecule has 1 unspecified atom stereocenters. The van der Waals surface area contributed by atoms with Gasteiger partial charge in [-0.15, -0.1) is 0 Å². The fourth-order valence-electron chi connectivity index (χ4n) is 3.99. The fraction of sp³-hybridized carbons (Fsp3) is 0.400. The number of piperazine rings is 1. The summed E-state index contributed by atoms with van der Waals surface area (Å²) in [5.41, 5.74) is 6.49. The monoisotopic (exact) mass is 396 g/mol. The molecule has 1 aromatic carbocycles. The van der Waals surface area contributed by atoms with Gasteiger partial charge in [-0.05, 0) is 25.0 Å². The van der Waals surface area contributed by atoms with Crippen LogP contribution in [-0.4, -0.2) is 76.1 Å². The number of primary amides is 1. The molecule has 2 fully saturated rings. The van der Waals surface area contributed by atoms with Gasteiger partial charge in [-0.2, -0.15) is 5.10 Å². The van der Waals surface area contributed by atoms with Gasteiger partial charge in [0.2, 0.25) is 5.91 Å². The highest BCUT2D eigenvalue weighted by Crippen LogP contribution is 2.20. The molecule has 1 aromatic heterocycles. The second-order valence-electron chi connectivity index (χ2n) is 7.34. The summed E-state index contributed by atoms with van der Waals surface area (Å²) in [4.78, 5) is 40.8. The van der Waals surface area contributed by atoms with Crippen LogP contribution < -0.4 is 11.1 Å². The molecule has 1 atom stereocenters. The smallest absolute Gasteiger partial charge is 0.274 e. The quantitative estimate of drug-likeness (QED) is 0.756. The van der Waals surface area contributed by atoms with Gasteiger partial charge in [-0.3, -0.25) is 14.4 Å². The number of nitrogens with two attached hydrogens (primary N) is 1. The highest BCUT2D eigenvalue weighted by Gasteiger charge is 2.33. The molecule has 0 radical (unpaired) electrons. The summed E-state index contributed by atoms with van der Waals surface area (Å²) in [7, 11) is 0. The molecule has 9 nitrogen and oxygen atoms in total. The lowest BCUT2D eigenvalue weighted by Crippen LogP contribution is -2.57. The number of likely N-dealkylation sites (tertiary alicyclic amines) is 1. The number of hydrogen-bond acceptors (Lipinski definition) is 5. The standard InChI is InChI=1S/C20H24N6O3/c21-19(28)17-11-16(23-26(17)14-5-2-1-3-6-14)20(29)24-9-4-7-15(13-24)25-10-8-22-12-18(25)27/h1-3,5-6,11,15,22H,4,7-10,12-13H2,(H2,21,28). The topological polar surface area (TPSA) is 114 Å². The van der Waals surface area contributed by atoms with Crippen molar-refractivity contribution in [1.29, 1.82) is 0 Å². The molecule has 3 N–H and O–H groups in total. The summed E-state index contributed by atoms with van der Waals surface area (Å²) >= 11 is 0. The first-order valence-corrected chi connectivity index (χ1v) is 9.79. The Bertz CT molecular complexity index is 926. The maximum Gasteiger partial charge on any atom is 0.274 e. The van der Waals surface area contributed by atoms with Crippen molar-refractivity contribution in [3.05, 3.63) is 47.8 Å². The van der Waals surface area contributed by atoms with E-state index >= 15 is 0 Å². The van der Waals surface area contributed by atoms with E-state index in [0.717, 1.165) is 19.4 Å². The van der Waals surface area contributed by atoms with Crippen molar-refractivity contribution in [2.24, 2.45) is 5.73 Å². The number of rotatable bonds is 4. The van der Waals surface area contributed by atoms with E-state index in [9.17, 15) is 14.4 Å². The van der Waals surface area contributed by atoms with Crippen LogP contribution in [0.2, 0.25) is 0 Å². The Balaban J connectivity index is 1.56. The highest BCUT2D eigenvalue weighted by atomic mass is 16.2. The normalized spacial score (nSPS) is 20.0. The molecule has 0 aliphatic carbocycles. The number of hydrogen-bond donors (Lipinski definition) is 2. The Labute approximate surface area is 168 Å². The van der Waals surface area contributed by atoms with Crippen LogP contribution in [0.25, 0.3) is 5.69 Å². The summed E-state index contributed by atoms with van der Waals surface area (Å²) in [6.45, 7) is 2.82. The maximum atomic E-state index is 13.1. The number of nitrogens with zero attached hydrogens (tertiary/aromatic N) is 4. The Morgan fingerprint density at radius 1 is 1.17 bits per heavy atom. The van der Waals surface area contributed by atoms with Gasteiger partial charge in [0.05, 0.1) is 12.2 Å². The molecule has 2 saturated heterocycles. The van der Waals surface area contributed by atoms with E-state index in [1.54, 1.807) is 17.0 Å². The molecule has 9 heteroatoms. The lowest BCUT2D eigenvalue weighted by atomic mass is 10.0. The largest absolute Gasteiger partial charge is 0.364 e. The minimum atomic E-state index is -0.650. The molecule has 0 saturated carbocycles. The molecule has 3 heterocycles. The molecule has 2 aliphatic rings. The number of amides is 3.